The smallest absolute Gasteiger partial charge is 0.281 e. The van der Waals surface area contributed by atoms with Crippen molar-refractivity contribution < 1.29 is 13.2 Å². The van der Waals surface area contributed by atoms with Crippen LogP contribution in [0.5, 0.6) is 0 Å². The van der Waals surface area contributed by atoms with Crippen LogP contribution in [0.3, 0.4) is 0 Å². The maximum Gasteiger partial charge on any atom is 0.281 e. The monoisotopic (exact) mass is 329 g/mol. The number of amides is 1. The van der Waals surface area contributed by atoms with E-state index in [1.165, 1.54) is 17.1 Å². The van der Waals surface area contributed by atoms with Crippen LogP contribution < -0.4 is 0 Å². The fourth-order valence-electron chi connectivity index (χ4n) is 4.07. The molecule has 1 atom stereocenters. The molecule has 0 aromatic heterocycles. The normalized spacial score (nSPS) is 28.4. The third-order valence-electron chi connectivity index (χ3n) is 5.30. The van der Waals surface area contributed by atoms with Gasteiger partial charge in [-0.3, -0.25) is 4.79 Å². The van der Waals surface area contributed by atoms with E-state index in [-0.39, 0.29) is 11.8 Å². The lowest BCUT2D eigenvalue weighted by Crippen LogP contribution is -2.43. The van der Waals surface area contributed by atoms with Crippen LogP contribution in [0.15, 0.2) is 0 Å². The molecule has 0 N–H and O–H groups in total. The minimum atomic E-state index is -3.34. The Balaban J connectivity index is 1.58. The summed E-state index contributed by atoms with van der Waals surface area (Å²) in [5, 5.41) is 0. The van der Waals surface area contributed by atoms with E-state index in [1.807, 2.05) is 4.90 Å². The van der Waals surface area contributed by atoms with Crippen LogP contribution in [0.1, 0.15) is 44.9 Å². The Labute approximate surface area is 133 Å². The first kappa shape index (κ1) is 16.2. The van der Waals surface area contributed by atoms with Crippen molar-refractivity contribution in [1.29, 1.82) is 0 Å². The van der Waals surface area contributed by atoms with Gasteiger partial charge in [-0.15, -0.1) is 0 Å². The molecule has 3 rings (SSSR count). The SMILES string of the molecule is CN(C[C@H]1CC(=O)N(C2CCCC2)C1)S(=O)(=O)N1CCCC1. The fraction of sp³-hybridized carbons (Fsp3) is 0.933. The number of rotatable bonds is 5. The second-order valence-electron chi connectivity index (χ2n) is 6.95. The van der Waals surface area contributed by atoms with Gasteiger partial charge >= 0.3 is 0 Å². The predicted molar refractivity (Wildman–Crippen MR) is 84.4 cm³/mol. The quantitative estimate of drug-likeness (QED) is 0.757. The standard InChI is InChI=1S/C15H27N3O3S/c1-16(22(20,21)17-8-4-5-9-17)11-13-10-15(19)18(12-13)14-6-2-3-7-14/h13-14H,2-12H2,1H3/t13-/m1/s1. The van der Waals surface area contributed by atoms with Crippen molar-refractivity contribution in [2.45, 2.75) is 51.0 Å². The molecule has 126 valence electrons. The largest absolute Gasteiger partial charge is 0.339 e. The van der Waals surface area contributed by atoms with E-state index in [2.05, 4.69) is 0 Å². The third kappa shape index (κ3) is 3.16. The van der Waals surface area contributed by atoms with Gasteiger partial charge in [-0.2, -0.15) is 17.0 Å². The highest BCUT2D eigenvalue weighted by molar-refractivity contribution is 7.86. The molecule has 0 aromatic rings. The van der Waals surface area contributed by atoms with Crippen LogP contribution in [-0.4, -0.2) is 67.1 Å². The van der Waals surface area contributed by atoms with Gasteiger partial charge in [0.1, 0.15) is 0 Å². The van der Waals surface area contributed by atoms with Crippen molar-refractivity contribution in [2.75, 3.05) is 33.2 Å². The summed E-state index contributed by atoms with van der Waals surface area (Å²) in [6.45, 7) is 2.44. The summed E-state index contributed by atoms with van der Waals surface area (Å²) >= 11 is 0. The zero-order valence-corrected chi connectivity index (χ0v) is 14.2. The van der Waals surface area contributed by atoms with Crippen molar-refractivity contribution in [1.82, 2.24) is 13.5 Å². The fourth-order valence-corrected chi connectivity index (χ4v) is 5.59. The molecule has 1 amide bonds. The van der Waals surface area contributed by atoms with Crippen LogP contribution in [-0.2, 0) is 15.0 Å². The molecule has 3 fully saturated rings. The van der Waals surface area contributed by atoms with Crippen LogP contribution in [0.2, 0.25) is 0 Å². The Kier molecular flexibility index (Phi) is 4.75. The van der Waals surface area contributed by atoms with Crippen molar-refractivity contribution >= 4 is 16.1 Å². The number of carbonyl (C=O) groups is 1. The first-order chi connectivity index (χ1) is 10.5. The first-order valence-electron chi connectivity index (χ1n) is 8.49. The molecule has 3 aliphatic rings. The van der Waals surface area contributed by atoms with E-state index in [4.69, 9.17) is 0 Å². The second-order valence-corrected chi connectivity index (χ2v) is 8.98. The highest BCUT2D eigenvalue weighted by Gasteiger charge is 2.38. The molecule has 22 heavy (non-hydrogen) atoms. The van der Waals surface area contributed by atoms with Gasteiger partial charge in [0.05, 0.1) is 0 Å². The highest BCUT2D eigenvalue weighted by Crippen LogP contribution is 2.30. The van der Waals surface area contributed by atoms with Gasteiger partial charge in [-0.25, -0.2) is 0 Å². The number of hydrogen-bond acceptors (Lipinski definition) is 3. The van der Waals surface area contributed by atoms with Crippen LogP contribution in [0, 0.1) is 5.92 Å². The summed E-state index contributed by atoms with van der Waals surface area (Å²) in [5.41, 5.74) is 0. The van der Waals surface area contributed by atoms with E-state index in [1.54, 1.807) is 11.4 Å². The maximum atomic E-state index is 12.5. The zero-order valence-electron chi connectivity index (χ0n) is 13.4. The van der Waals surface area contributed by atoms with Crippen molar-refractivity contribution in [2.24, 2.45) is 5.92 Å². The number of hydrogen-bond donors (Lipinski definition) is 0. The molecule has 0 radical (unpaired) electrons. The topological polar surface area (TPSA) is 60.9 Å². The van der Waals surface area contributed by atoms with E-state index in [0.29, 0.717) is 32.1 Å². The van der Waals surface area contributed by atoms with Gasteiger partial charge < -0.3 is 4.90 Å². The second kappa shape index (κ2) is 6.45. The lowest BCUT2D eigenvalue weighted by molar-refractivity contribution is -0.129. The van der Waals surface area contributed by atoms with Gasteiger partial charge in [-0.05, 0) is 31.6 Å². The summed E-state index contributed by atoms with van der Waals surface area (Å²) in [5.74, 6) is 0.347. The van der Waals surface area contributed by atoms with E-state index in [9.17, 15) is 13.2 Å². The number of nitrogens with zero attached hydrogens (tertiary/aromatic N) is 3. The van der Waals surface area contributed by atoms with Crippen molar-refractivity contribution in [3.8, 4) is 0 Å². The third-order valence-corrected chi connectivity index (χ3v) is 7.26. The van der Waals surface area contributed by atoms with Crippen molar-refractivity contribution in [3.63, 3.8) is 0 Å². The molecule has 2 heterocycles. The van der Waals surface area contributed by atoms with Crippen LogP contribution in [0.25, 0.3) is 0 Å². The van der Waals surface area contributed by atoms with Gasteiger partial charge in [0.25, 0.3) is 10.2 Å². The molecule has 7 heteroatoms. The van der Waals surface area contributed by atoms with E-state index < -0.39 is 10.2 Å². The Morgan fingerprint density at radius 3 is 2.41 bits per heavy atom. The van der Waals surface area contributed by atoms with Gasteiger partial charge in [0, 0.05) is 45.7 Å². The Morgan fingerprint density at radius 2 is 1.77 bits per heavy atom. The highest BCUT2D eigenvalue weighted by atomic mass is 32.2. The van der Waals surface area contributed by atoms with Gasteiger partial charge in [0.15, 0.2) is 0 Å². The average Bonchev–Trinajstić information content (AvgIpc) is 3.19. The summed E-state index contributed by atoms with van der Waals surface area (Å²) < 4.78 is 28.0. The molecular weight excluding hydrogens is 302 g/mol. The van der Waals surface area contributed by atoms with Crippen LogP contribution in [0.4, 0.5) is 0 Å². The summed E-state index contributed by atoms with van der Waals surface area (Å²) in [6, 6.07) is 0.401. The van der Waals surface area contributed by atoms with Crippen molar-refractivity contribution in [3.05, 3.63) is 0 Å². The molecule has 1 aliphatic carbocycles. The molecular formula is C15H27N3O3S. The van der Waals surface area contributed by atoms with E-state index >= 15 is 0 Å². The Morgan fingerprint density at radius 1 is 1.14 bits per heavy atom. The molecule has 0 spiro atoms. The lowest BCUT2D eigenvalue weighted by Gasteiger charge is -2.27. The Bertz CT molecular complexity index is 510. The molecule has 2 aliphatic heterocycles. The minimum Gasteiger partial charge on any atom is -0.339 e. The summed E-state index contributed by atoms with van der Waals surface area (Å²) in [7, 11) is -1.69. The van der Waals surface area contributed by atoms with Crippen LogP contribution >= 0.6 is 0 Å². The number of carbonyl (C=O) groups excluding carboxylic acids is 1. The first-order valence-corrected chi connectivity index (χ1v) is 9.89. The van der Waals surface area contributed by atoms with E-state index in [0.717, 1.165) is 32.2 Å². The zero-order chi connectivity index (χ0) is 15.7. The molecule has 0 bridgehead atoms. The molecule has 0 aromatic carbocycles. The minimum absolute atomic E-state index is 0.135. The molecule has 0 unspecified atom stereocenters. The Hall–Kier alpha value is -0.660. The average molecular weight is 329 g/mol. The summed E-state index contributed by atoms with van der Waals surface area (Å²) in [6.07, 6.45) is 7.04. The molecule has 6 nitrogen and oxygen atoms in total. The number of likely N-dealkylation sites (tertiary alicyclic amines) is 1. The van der Waals surface area contributed by atoms with Gasteiger partial charge in [-0.1, -0.05) is 12.8 Å². The van der Waals surface area contributed by atoms with Gasteiger partial charge in [0.2, 0.25) is 5.91 Å². The maximum absolute atomic E-state index is 12.5. The lowest BCUT2D eigenvalue weighted by atomic mass is 10.1. The summed E-state index contributed by atoms with van der Waals surface area (Å²) in [4.78, 5) is 14.2. The predicted octanol–water partition coefficient (Wildman–Crippen LogP) is 1.05. The molecule has 1 saturated carbocycles. The molecule has 2 saturated heterocycles.